The molecular weight excluding hydrogens is 307 g/mol. The third-order valence-corrected chi connectivity index (χ3v) is 3.63. The van der Waals surface area contributed by atoms with Gasteiger partial charge in [0.2, 0.25) is 0 Å². The van der Waals surface area contributed by atoms with Gasteiger partial charge in [-0.1, -0.05) is 18.2 Å². The van der Waals surface area contributed by atoms with Gasteiger partial charge in [-0.05, 0) is 30.7 Å². The monoisotopic (exact) mass is 330 g/mol. The minimum Gasteiger partial charge on any atom is -0.489 e. The van der Waals surface area contributed by atoms with Crippen molar-refractivity contribution in [3.8, 4) is 5.75 Å². The van der Waals surface area contributed by atoms with Crippen molar-refractivity contribution in [2.45, 2.75) is 13.5 Å². The molecule has 1 heterocycles. The predicted molar refractivity (Wildman–Crippen MR) is 93.7 cm³/mol. The molecule has 0 bridgehead atoms. The van der Waals surface area contributed by atoms with Crippen molar-refractivity contribution in [2.24, 2.45) is 4.99 Å². The van der Waals surface area contributed by atoms with Crippen LogP contribution in [-0.4, -0.2) is 43.1 Å². The van der Waals surface area contributed by atoms with Gasteiger partial charge in [-0.25, -0.2) is 4.39 Å². The van der Waals surface area contributed by atoms with Crippen LogP contribution < -0.4 is 10.1 Å². The van der Waals surface area contributed by atoms with Crippen molar-refractivity contribution in [1.29, 1.82) is 0 Å². The van der Waals surface area contributed by atoms with E-state index in [2.05, 4.69) is 15.3 Å². The number of nitrogens with one attached hydrogen (secondary N) is 1. The Labute approximate surface area is 142 Å². The van der Waals surface area contributed by atoms with Gasteiger partial charge in [-0.2, -0.15) is 0 Å². The first-order chi connectivity index (χ1) is 11.6. The minimum atomic E-state index is -0.353. The van der Waals surface area contributed by atoms with Crippen LogP contribution in [0, 0.1) is 12.7 Å². The Morgan fingerprint density at radius 1 is 1.29 bits per heavy atom. The van der Waals surface area contributed by atoms with Crippen molar-refractivity contribution in [3.05, 3.63) is 59.7 Å². The maximum absolute atomic E-state index is 13.5. The molecule has 24 heavy (non-hydrogen) atoms. The molecule has 0 aliphatic heterocycles. The van der Waals surface area contributed by atoms with Crippen LogP contribution in [0.4, 0.5) is 4.39 Å². The number of aryl methyl sites for hydroxylation is 1. The van der Waals surface area contributed by atoms with Crippen LogP contribution >= 0.6 is 0 Å². The highest BCUT2D eigenvalue weighted by atomic mass is 19.1. The summed E-state index contributed by atoms with van der Waals surface area (Å²) in [6.07, 6.45) is 1.78. The van der Waals surface area contributed by atoms with Crippen LogP contribution in [0.25, 0.3) is 0 Å². The maximum Gasteiger partial charge on any atom is 0.193 e. The van der Waals surface area contributed by atoms with Crippen molar-refractivity contribution in [3.63, 3.8) is 0 Å². The molecular formula is C18H23FN4O. The van der Waals surface area contributed by atoms with Crippen LogP contribution in [0.15, 0.2) is 47.6 Å². The van der Waals surface area contributed by atoms with E-state index in [0.717, 1.165) is 17.2 Å². The average Bonchev–Trinajstić information content (AvgIpc) is 2.58. The SMILES string of the molecule is CN=C(NCc1ncccc1C)N(C)CCOc1ccccc1F. The highest BCUT2D eigenvalue weighted by molar-refractivity contribution is 5.79. The van der Waals surface area contributed by atoms with E-state index in [1.165, 1.54) is 6.07 Å². The summed E-state index contributed by atoms with van der Waals surface area (Å²) in [5.41, 5.74) is 2.11. The summed E-state index contributed by atoms with van der Waals surface area (Å²) in [5, 5.41) is 3.27. The first kappa shape index (κ1) is 17.7. The number of para-hydroxylation sites is 1. The highest BCUT2D eigenvalue weighted by Crippen LogP contribution is 2.15. The van der Waals surface area contributed by atoms with E-state index < -0.39 is 0 Å². The summed E-state index contributed by atoms with van der Waals surface area (Å²) < 4.78 is 19.0. The van der Waals surface area contributed by atoms with Crippen molar-refractivity contribution in [1.82, 2.24) is 15.2 Å². The molecule has 0 radical (unpaired) electrons. The fourth-order valence-corrected chi connectivity index (χ4v) is 2.21. The largest absolute Gasteiger partial charge is 0.489 e. The second-order valence-electron chi connectivity index (χ2n) is 5.37. The van der Waals surface area contributed by atoms with Crippen molar-refractivity contribution in [2.75, 3.05) is 27.2 Å². The molecule has 0 unspecified atom stereocenters. The summed E-state index contributed by atoms with van der Waals surface area (Å²) in [5.74, 6) is 0.642. The third-order valence-electron chi connectivity index (χ3n) is 3.63. The molecule has 2 rings (SSSR count). The Bertz CT molecular complexity index is 690. The van der Waals surface area contributed by atoms with Crippen LogP contribution in [0.3, 0.4) is 0 Å². The van der Waals surface area contributed by atoms with Crippen LogP contribution in [-0.2, 0) is 6.54 Å². The van der Waals surface area contributed by atoms with Crippen LogP contribution in [0.2, 0.25) is 0 Å². The van der Waals surface area contributed by atoms with Gasteiger partial charge >= 0.3 is 0 Å². The van der Waals surface area contributed by atoms with Gasteiger partial charge < -0.3 is 15.0 Å². The Morgan fingerprint density at radius 3 is 2.79 bits per heavy atom. The number of guanidine groups is 1. The number of pyridine rings is 1. The molecule has 0 saturated carbocycles. The van der Waals surface area contributed by atoms with Gasteiger partial charge in [0.25, 0.3) is 0 Å². The molecule has 0 amide bonds. The van der Waals surface area contributed by atoms with Crippen LogP contribution in [0.5, 0.6) is 5.75 Å². The quantitative estimate of drug-likeness (QED) is 0.653. The molecule has 1 aromatic carbocycles. The molecule has 1 N–H and O–H groups in total. The van der Waals surface area contributed by atoms with E-state index in [-0.39, 0.29) is 11.6 Å². The van der Waals surface area contributed by atoms with Gasteiger partial charge in [0.05, 0.1) is 18.8 Å². The van der Waals surface area contributed by atoms with Crippen LogP contribution in [0.1, 0.15) is 11.3 Å². The summed E-state index contributed by atoms with van der Waals surface area (Å²) in [4.78, 5) is 10.5. The van der Waals surface area contributed by atoms with Crippen molar-refractivity contribution < 1.29 is 9.13 Å². The number of hydrogen-bond donors (Lipinski definition) is 1. The number of nitrogens with zero attached hydrogens (tertiary/aromatic N) is 3. The molecule has 0 spiro atoms. The van der Waals surface area contributed by atoms with Gasteiger partial charge in [0.1, 0.15) is 6.61 Å². The standard InChI is InChI=1S/C18H23FN4O/c1-14-7-6-10-21-16(14)13-22-18(20-2)23(3)11-12-24-17-9-5-4-8-15(17)19/h4-10H,11-13H2,1-3H3,(H,20,22). The Kier molecular flexibility index (Phi) is 6.54. The normalized spacial score (nSPS) is 11.2. The second kappa shape index (κ2) is 8.86. The maximum atomic E-state index is 13.5. The number of halogens is 1. The number of ether oxygens (including phenoxy) is 1. The van der Waals surface area contributed by atoms with Crippen molar-refractivity contribution >= 4 is 5.96 Å². The number of likely N-dealkylation sites (N-methyl/N-ethyl adjacent to an activating group) is 1. The first-order valence-electron chi connectivity index (χ1n) is 7.81. The van der Waals surface area contributed by atoms with E-state index in [1.807, 2.05) is 31.0 Å². The fourth-order valence-electron chi connectivity index (χ4n) is 2.21. The number of aromatic nitrogens is 1. The first-order valence-corrected chi connectivity index (χ1v) is 7.81. The lowest BCUT2D eigenvalue weighted by Gasteiger charge is -2.22. The van der Waals surface area contributed by atoms with Gasteiger partial charge in [-0.15, -0.1) is 0 Å². The fraction of sp³-hybridized carbons (Fsp3) is 0.333. The minimum absolute atomic E-state index is 0.262. The van der Waals surface area contributed by atoms with E-state index in [1.54, 1.807) is 31.4 Å². The zero-order valence-corrected chi connectivity index (χ0v) is 14.3. The molecule has 0 aliphatic carbocycles. The van der Waals surface area contributed by atoms with E-state index in [9.17, 15) is 4.39 Å². The summed E-state index contributed by atoms with van der Waals surface area (Å²) in [6.45, 7) is 3.56. The molecule has 5 nitrogen and oxygen atoms in total. The zero-order chi connectivity index (χ0) is 17.4. The van der Waals surface area contributed by atoms with Gasteiger partial charge in [0.15, 0.2) is 17.5 Å². The summed E-state index contributed by atoms with van der Waals surface area (Å²) in [6, 6.07) is 10.3. The Balaban J connectivity index is 1.82. The number of hydrogen-bond acceptors (Lipinski definition) is 3. The molecule has 0 fully saturated rings. The molecule has 128 valence electrons. The highest BCUT2D eigenvalue weighted by Gasteiger charge is 2.08. The topological polar surface area (TPSA) is 49.8 Å². The molecule has 1 aromatic heterocycles. The zero-order valence-electron chi connectivity index (χ0n) is 14.3. The average molecular weight is 330 g/mol. The lowest BCUT2D eigenvalue weighted by Crippen LogP contribution is -2.40. The second-order valence-corrected chi connectivity index (χ2v) is 5.37. The molecule has 0 atom stereocenters. The van der Waals surface area contributed by atoms with Gasteiger partial charge in [0, 0.05) is 20.3 Å². The summed E-state index contributed by atoms with van der Waals surface area (Å²) >= 11 is 0. The number of aliphatic imine (C=N–C) groups is 1. The Morgan fingerprint density at radius 2 is 2.08 bits per heavy atom. The van der Waals surface area contributed by atoms with E-state index in [0.29, 0.717) is 19.7 Å². The number of rotatable bonds is 6. The van der Waals surface area contributed by atoms with E-state index in [4.69, 9.17) is 4.74 Å². The molecule has 0 saturated heterocycles. The lowest BCUT2D eigenvalue weighted by molar-refractivity contribution is 0.270. The number of benzene rings is 1. The molecule has 0 aliphatic rings. The lowest BCUT2D eigenvalue weighted by atomic mass is 10.2. The Hall–Kier alpha value is -2.63. The predicted octanol–water partition coefficient (Wildman–Crippen LogP) is 2.62. The van der Waals surface area contributed by atoms with Gasteiger partial charge in [-0.3, -0.25) is 9.98 Å². The molecule has 6 heteroatoms. The third kappa shape index (κ3) is 4.94. The summed E-state index contributed by atoms with van der Waals surface area (Å²) in [7, 11) is 3.63. The smallest absolute Gasteiger partial charge is 0.193 e. The molecule has 2 aromatic rings. The van der Waals surface area contributed by atoms with E-state index >= 15 is 0 Å².